The van der Waals surface area contributed by atoms with Crippen LogP contribution in [0.25, 0.3) is 0 Å². The van der Waals surface area contributed by atoms with E-state index in [1.165, 1.54) is 12.1 Å². The first-order valence-corrected chi connectivity index (χ1v) is 10.8. The Kier molecular flexibility index (Phi) is 5.77. The first-order valence-electron chi connectivity index (χ1n) is 8.95. The molecule has 27 heavy (non-hydrogen) atoms. The molecule has 1 amide bonds. The molecule has 5 nitrogen and oxygen atoms in total. The van der Waals surface area contributed by atoms with E-state index >= 15 is 0 Å². The number of nitrogens with zero attached hydrogens (tertiary/aromatic N) is 1. The van der Waals surface area contributed by atoms with Gasteiger partial charge in [0.25, 0.3) is 15.9 Å². The summed E-state index contributed by atoms with van der Waals surface area (Å²) in [6, 6.07) is 11.5. The van der Waals surface area contributed by atoms with Crippen molar-refractivity contribution in [3.63, 3.8) is 0 Å². The van der Waals surface area contributed by atoms with Crippen molar-refractivity contribution in [3.8, 4) is 0 Å². The van der Waals surface area contributed by atoms with Crippen molar-refractivity contribution in [2.75, 3.05) is 17.8 Å². The van der Waals surface area contributed by atoms with Gasteiger partial charge in [-0.05, 0) is 55.5 Å². The topological polar surface area (TPSA) is 66.5 Å². The third kappa shape index (κ3) is 4.45. The Bertz CT molecular complexity index is 951. The average Bonchev–Trinajstić information content (AvgIpc) is 2.64. The Morgan fingerprint density at radius 1 is 1.15 bits per heavy atom. The number of para-hydroxylation sites is 1. The van der Waals surface area contributed by atoms with E-state index in [0.717, 1.165) is 18.4 Å². The predicted molar refractivity (Wildman–Crippen MR) is 108 cm³/mol. The Morgan fingerprint density at radius 3 is 2.48 bits per heavy atom. The average molecular weight is 407 g/mol. The maximum atomic E-state index is 12.8. The van der Waals surface area contributed by atoms with Crippen LogP contribution in [0.15, 0.2) is 47.4 Å². The van der Waals surface area contributed by atoms with E-state index in [1.54, 1.807) is 23.1 Å². The summed E-state index contributed by atoms with van der Waals surface area (Å²) in [4.78, 5) is 14.5. The van der Waals surface area contributed by atoms with Crippen molar-refractivity contribution in [1.82, 2.24) is 4.90 Å². The molecule has 0 radical (unpaired) electrons. The van der Waals surface area contributed by atoms with Gasteiger partial charge < -0.3 is 4.90 Å². The number of aryl methyl sites for hydroxylation is 1. The Hall–Kier alpha value is -2.05. The van der Waals surface area contributed by atoms with Gasteiger partial charge in [0.15, 0.2) is 0 Å². The highest BCUT2D eigenvalue weighted by atomic mass is 35.5. The maximum absolute atomic E-state index is 12.8. The number of carbonyl (C=O) groups excluding carboxylic acids is 1. The predicted octanol–water partition coefficient (Wildman–Crippen LogP) is 4.32. The van der Waals surface area contributed by atoms with E-state index in [4.69, 9.17) is 11.6 Å². The Labute approximate surface area is 165 Å². The van der Waals surface area contributed by atoms with Gasteiger partial charge in [-0.25, -0.2) is 8.42 Å². The number of sulfonamides is 1. The largest absolute Gasteiger partial charge is 0.339 e. The van der Waals surface area contributed by atoms with Gasteiger partial charge in [-0.15, -0.1) is 0 Å². The molecule has 2 aromatic rings. The van der Waals surface area contributed by atoms with E-state index in [-0.39, 0.29) is 15.8 Å². The van der Waals surface area contributed by atoms with Crippen LogP contribution in [0.3, 0.4) is 0 Å². The van der Waals surface area contributed by atoms with Crippen LogP contribution in [0, 0.1) is 12.8 Å². The highest BCUT2D eigenvalue weighted by Gasteiger charge is 2.25. The first-order chi connectivity index (χ1) is 12.8. The Morgan fingerprint density at radius 2 is 1.81 bits per heavy atom. The van der Waals surface area contributed by atoms with Gasteiger partial charge in [-0.1, -0.05) is 36.7 Å². The van der Waals surface area contributed by atoms with Crippen molar-refractivity contribution in [2.24, 2.45) is 5.92 Å². The second-order valence-corrected chi connectivity index (χ2v) is 9.10. The first kappa shape index (κ1) is 19.7. The number of likely N-dealkylation sites (tertiary alicyclic amines) is 1. The molecule has 0 spiro atoms. The number of amides is 1. The summed E-state index contributed by atoms with van der Waals surface area (Å²) in [5.74, 6) is 0.444. The fourth-order valence-electron chi connectivity index (χ4n) is 3.12. The number of carbonyl (C=O) groups is 1. The zero-order valence-electron chi connectivity index (χ0n) is 15.4. The molecule has 3 rings (SSSR count). The summed E-state index contributed by atoms with van der Waals surface area (Å²) in [5.41, 5.74) is 1.61. The van der Waals surface area contributed by atoms with Crippen molar-refractivity contribution < 1.29 is 13.2 Å². The maximum Gasteiger partial charge on any atom is 0.263 e. The van der Waals surface area contributed by atoms with Gasteiger partial charge in [0.05, 0.1) is 10.7 Å². The highest BCUT2D eigenvalue weighted by molar-refractivity contribution is 7.92. The van der Waals surface area contributed by atoms with Crippen molar-refractivity contribution >= 4 is 33.2 Å². The lowest BCUT2D eigenvalue weighted by atomic mass is 9.98. The molecule has 1 N–H and O–H groups in total. The molecule has 1 saturated heterocycles. The molecule has 0 saturated carbocycles. The molecule has 0 aliphatic carbocycles. The fraction of sp³-hybridized carbons (Fsp3) is 0.350. The molecule has 0 aromatic heterocycles. The molecule has 7 heteroatoms. The number of rotatable bonds is 4. The summed E-state index contributed by atoms with van der Waals surface area (Å²) in [6.07, 6.45) is 1.92. The van der Waals surface area contributed by atoms with Crippen LogP contribution < -0.4 is 4.72 Å². The monoisotopic (exact) mass is 406 g/mol. The molecule has 144 valence electrons. The van der Waals surface area contributed by atoms with Crippen molar-refractivity contribution in [3.05, 3.63) is 58.6 Å². The Balaban J connectivity index is 1.88. The van der Waals surface area contributed by atoms with Crippen LogP contribution in [-0.2, 0) is 10.0 Å². The lowest BCUT2D eigenvalue weighted by Crippen LogP contribution is -2.38. The van der Waals surface area contributed by atoms with Gasteiger partial charge in [0, 0.05) is 18.7 Å². The molecule has 1 fully saturated rings. The molecule has 1 aliphatic rings. The minimum Gasteiger partial charge on any atom is -0.339 e. The molecule has 0 atom stereocenters. The van der Waals surface area contributed by atoms with E-state index < -0.39 is 10.0 Å². The minimum atomic E-state index is -3.91. The van der Waals surface area contributed by atoms with Crippen LogP contribution in [0.5, 0.6) is 0 Å². The molecule has 1 aliphatic heterocycles. The van der Waals surface area contributed by atoms with E-state index in [1.807, 2.05) is 19.1 Å². The van der Waals surface area contributed by atoms with Crippen LogP contribution in [0.1, 0.15) is 35.7 Å². The standard InChI is InChI=1S/C20H23ClN2O3S/c1-14-9-11-23(12-10-14)20(24)16-7-8-17(21)19(13-16)27(25,26)22-18-6-4-3-5-15(18)2/h3-8,13-14,22H,9-12H2,1-2H3. The second kappa shape index (κ2) is 7.90. The quantitative estimate of drug-likeness (QED) is 0.822. The third-order valence-corrected chi connectivity index (χ3v) is 6.77. The van der Waals surface area contributed by atoms with Crippen molar-refractivity contribution in [2.45, 2.75) is 31.6 Å². The minimum absolute atomic E-state index is 0.0832. The summed E-state index contributed by atoms with van der Waals surface area (Å²) in [7, 11) is -3.91. The highest BCUT2D eigenvalue weighted by Crippen LogP contribution is 2.27. The number of anilines is 1. The number of hydrogen-bond donors (Lipinski definition) is 1. The normalized spacial score (nSPS) is 15.6. The lowest BCUT2D eigenvalue weighted by molar-refractivity contribution is 0.0697. The number of benzene rings is 2. The van der Waals surface area contributed by atoms with Crippen LogP contribution >= 0.6 is 11.6 Å². The smallest absolute Gasteiger partial charge is 0.263 e. The number of hydrogen-bond acceptors (Lipinski definition) is 3. The van der Waals surface area contributed by atoms with E-state index in [0.29, 0.717) is 30.3 Å². The van der Waals surface area contributed by atoms with Gasteiger partial charge in [-0.2, -0.15) is 0 Å². The number of piperidine rings is 1. The van der Waals surface area contributed by atoms with Gasteiger partial charge in [0.2, 0.25) is 0 Å². The zero-order chi connectivity index (χ0) is 19.6. The molecule has 2 aromatic carbocycles. The summed E-state index contributed by atoms with van der Waals surface area (Å²) < 4.78 is 28.3. The van der Waals surface area contributed by atoms with E-state index in [2.05, 4.69) is 11.6 Å². The SMILES string of the molecule is Cc1ccccc1NS(=O)(=O)c1cc(C(=O)N2CCC(C)CC2)ccc1Cl. The third-order valence-electron chi connectivity index (χ3n) is 4.93. The molecule has 0 bridgehead atoms. The summed E-state index contributed by atoms with van der Waals surface area (Å²) in [5, 5.41) is 0.0832. The molecular formula is C20H23ClN2O3S. The van der Waals surface area contributed by atoms with Gasteiger partial charge in [0.1, 0.15) is 4.90 Å². The molecule has 0 unspecified atom stereocenters. The van der Waals surface area contributed by atoms with E-state index in [9.17, 15) is 13.2 Å². The van der Waals surface area contributed by atoms with Crippen LogP contribution in [0.2, 0.25) is 5.02 Å². The van der Waals surface area contributed by atoms with Gasteiger partial charge in [-0.3, -0.25) is 9.52 Å². The van der Waals surface area contributed by atoms with Crippen molar-refractivity contribution in [1.29, 1.82) is 0 Å². The van der Waals surface area contributed by atoms with Gasteiger partial charge >= 0.3 is 0 Å². The molecule has 1 heterocycles. The second-order valence-electron chi connectivity index (χ2n) is 7.04. The van der Waals surface area contributed by atoms with Crippen LogP contribution in [-0.4, -0.2) is 32.3 Å². The summed E-state index contributed by atoms with van der Waals surface area (Å²) >= 11 is 6.15. The molecular weight excluding hydrogens is 384 g/mol. The zero-order valence-corrected chi connectivity index (χ0v) is 17.0. The summed E-state index contributed by atoms with van der Waals surface area (Å²) in [6.45, 7) is 5.36. The fourth-order valence-corrected chi connectivity index (χ4v) is 4.78. The van der Waals surface area contributed by atoms with Crippen LogP contribution in [0.4, 0.5) is 5.69 Å². The number of halogens is 1. The lowest BCUT2D eigenvalue weighted by Gasteiger charge is -2.30. The number of nitrogens with one attached hydrogen (secondary N) is 1.